The Kier molecular flexibility index (Phi) is 5.19. The summed E-state index contributed by atoms with van der Waals surface area (Å²) >= 11 is 0. The van der Waals surface area contributed by atoms with Crippen molar-refractivity contribution in [3.05, 3.63) is 30.4 Å². The second-order valence-electron chi connectivity index (χ2n) is 6.27. The quantitative estimate of drug-likeness (QED) is 0.814. The number of hydrogen-bond donors (Lipinski definition) is 1. The van der Waals surface area contributed by atoms with Gasteiger partial charge in [0.25, 0.3) is 0 Å². The van der Waals surface area contributed by atoms with Gasteiger partial charge < -0.3 is 10.2 Å². The van der Waals surface area contributed by atoms with E-state index in [-0.39, 0.29) is 30.5 Å². The fraction of sp³-hybridized carbons (Fsp3) is 0.500. The Balaban J connectivity index is 1.59. The molecule has 8 nitrogen and oxygen atoms in total. The Labute approximate surface area is 152 Å². The number of aromatic nitrogens is 4. The van der Waals surface area contributed by atoms with Crippen LogP contribution in [0.5, 0.6) is 0 Å². The monoisotopic (exact) mass is 384 g/mol. The van der Waals surface area contributed by atoms with Gasteiger partial charge in [-0.05, 0) is 13.0 Å². The highest BCUT2D eigenvalue weighted by Gasteiger charge is 2.36. The topological polar surface area (TPSA) is 85.1 Å². The summed E-state index contributed by atoms with van der Waals surface area (Å²) in [5.74, 6) is -1.17. The highest BCUT2D eigenvalue weighted by molar-refractivity contribution is 6.00. The van der Waals surface area contributed by atoms with Gasteiger partial charge in [-0.2, -0.15) is 23.4 Å². The lowest BCUT2D eigenvalue weighted by Gasteiger charge is -2.14. The normalized spacial score (nSPS) is 17.6. The van der Waals surface area contributed by atoms with Crippen molar-refractivity contribution in [1.29, 1.82) is 0 Å². The zero-order chi connectivity index (χ0) is 19.6. The summed E-state index contributed by atoms with van der Waals surface area (Å²) in [5.41, 5.74) is 1.10. The third-order valence-electron chi connectivity index (χ3n) is 4.32. The van der Waals surface area contributed by atoms with Gasteiger partial charge in [-0.1, -0.05) is 0 Å². The van der Waals surface area contributed by atoms with Gasteiger partial charge in [-0.3, -0.25) is 19.0 Å². The van der Waals surface area contributed by atoms with Crippen molar-refractivity contribution in [2.45, 2.75) is 39.2 Å². The van der Waals surface area contributed by atoms with E-state index in [0.717, 1.165) is 16.6 Å². The number of aryl methyl sites for hydroxylation is 1. The largest absolute Gasteiger partial charge is 0.408 e. The van der Waals surface area contributed by atoms with Crippen LogP contribution >= 0.6 is 0 Å². The first-order valence-electron chi connectivity index (χ1n) is 8.45. The molecule has 1 N–H and O–H groups in total. The van der Waals surface area contributed by atoms with Crippen LogP contribution in [-0.2, 0) is 29.2 Å². The Bertz CT molecular complexity index is 828. The fourth-order valence-electron chi connectivity index (χ4n) is 3.01. The zero-order valence-electron chi connectivity index (χ0n) is 14.6. The second kappa shape index (κ2) is 7.41. The van der Waals surface area contributed by atoms with Crippen LogP contribution in [0, 0.1) is 5.92 Å². The third-order valence-corrected chi connectivity index (χ3v) is 4.32. The first-order chi connectivity index (χ1) is 12.8. The van der Waals surface area contributed by atoms with Gasteiger partial charge in [0.1, 0.15) is 6.54 Å². The Morgan fingerprint density at radius 2 is 2.15 bits per heavy atom. The van der Waals surface area contributed by atoms with Gasteiger partial charge in [-0.25, -0.2) is 0 Å². The molecule has 1 aliphatic rings. The van der Waals surface area contributed by atoms with E-state index in [1.807, 2.05) is 6.92 Å². The summed E-state index contributed by atoms with van der Waals surface area (Å²) < 4.78 is 39.8. The van der Waals surface area contributed by atoms with Crippen LogP contribution in [-0.4, -0.2) is 44.1 Å². The van der Waals surface area contributed by atoms with Crippen molar-refractivity contribution in [2.75, 3.05) is 11.4 Å². The molecule has 11 heteroatoms. The molecule has 1 saturated heterocycles. The maximum Gasteiger partial charge on any atom is 0.408 e. The van der Waals surface area contributed by atoms with Crippen LogP contribution in [0.4, 0.5) is 18.9 Å². The van der Waals surface area contributed by atoms with Crippen molar-refractivity contribution in [1.82, 2.24) is 24.9 Å². The number of halogens is 3. The maximum absolute atomic E-state index is 12.4. The van der Waals surface area contributed by atoms with Crippen LogP contribution in [0.25, 0.3) is 0 Å². The number of nitrogens with one attached hydrogen (secondary N) is 1. The van der Waals surface area contributed by atoms with Gasteiger partial charge in [0.05, 0.1) is 30.0 Å². The molecule has 0 aliphatic carbocycles. The SMILES string of the molecule is CCn1nccc1CNC(=O)[C@H]1CC(=O)N(c2cnn(CC(F)(F)F)c2)C1. The molecule has 0 unspecified atom stereocenters. The molecule has 27 heavy (non-hydrogen) atoms. The van der Waals surface area contributed by atoms with Crippen molar-refractivity contribution >= 4 is 17.5 Å². The molecule has 1 fully saturated rings. The minimum atomic E-state index is -4.40. The molecule has 0 bridgehead atoms. The van der Waals surface area contributed by atoms with Crippen molar-refractivity contribution in [3.8, 4) is 0 Å². The molecule has 3 heterocycles. The molecular weight excluding hydrogens is 365 g/mol. The van der Waals surface area contributed by atoms with E-state index in [4.69, 9.17) is 0 Å². The average Bonchev–Trinajstić information content (AvgIpc) is 3.30. The lowest BCUT2D eigenvalue weighted by molar-refractivity contribution is -0.142. The van der Waals surface area contributed by atoms with Crippen molar-refractivity contribution in [3.63, 3.8) is 0 Å². The summed E-state index contributed by atoms with van der Waals surface area (Å²) in [5, 5.41) is 10.5. The van der Waals surface area contributed by atoms with Crippen LogP contribution in [0.15, 0.2) is 24.7 Å². The summed E-state index contributed by atoms with van der Waals surface area (Å²) in [6.07, 6.45) is -0.394. The first kappa shape index (κ1) is 18.9. The number of carbonyl (C=O) groups excluding carboxylic acids is 2. The van der Waals surface area contributed by atoms with Crippen LogP contribution in [0.3, 0.4) is 0 Å². The van der Waals surface area contributed by atoms with Crippen LogP contribution < -0.4 is 10.2 Å². The van der Waals surface area contributed by atoms with Crippen molar-refractivity contribution in [2.24, 2.45) is 5.92 Å². The summed E-state index contributed by atoms with van der Waals surface area (Å²) in [4.78, 5) is 25.8. The number of hydrogen-bond acceptors (Lipinski definition) is 4. The van der Waals surface area contributed by atoms with Gasteiger partial charge in [0, 0.05) is 31.9 Å². The van der Waals surface area contributed by atoms with Gasteiger partial charge in [-0.15, -0.1) is 0 Å². The number of anilines is 1. The van der Waals surface area contributed by atoms with E-state index < -0.39 is 18.6 Å². The molecule has 1 aliphatic heterocycles. The number of amides is 2. The highest BCUT2D eigenvalue weighted by Crippen LogP contribution is 2.26. The molecule has 2 aromatic heterocycles. The molecule has 3 rings (SSSR count). The molecule has 0 radical (unpaired) electrons. The lowest BCUT2D eigenvalue weighted by Crippen LogP contribution is -2.33. The highest BCUT2D eigenvalue weighted by atomic mass is 19.4. The molecule has 146 valence electrons. The minimum Gasteiger partial charge on any atom is -0.350 e. The van der Waals surface area contributed by atoms with Crippen LogP contribution in [0.1, 0.15) is 19.0 Å². The van der Waals surface area contributed by atoms with E-state index in [2.05, 4.69) is 15.5 Å². The Morgan fingerprint density at radius 3 is 2.85 bits per heavy atom. The summed E-state index contributed by atoms with van der Waals surface area (Å²) in [7, 11) is 0. The van der Waals surface area contributed by atoms with E-state index >= 15 is 0 Å². The molecule has 0 aromatic carbocycles. The predicted molar refractivity (Wildman–Crippen MR) is 88.5 cm³/mol. The van der Waals surface area contributed by atoms with E-state index in [9.17, 15) is 22.8 Å². The first-order valence-corrected chi connectivity index (χ1v) is 8.45. The standard InChI is InChI=1S/C16H19F3N6O2/c1-2-25-12(3-4-21-25)6-20-15(27)11-5-14(26)24(8-11)13-7-22-23(9-13)10-16(17,18)19/h3-4,7,9,11H,2,5-6,8,10H2,1H3,(H,20,27)/t11-/m0/s1. The number of alkyl halides is 3. The third kappa shape index (κ3) is 4.47. The number of nitrogens with zero attached hydrogens (tertiary/aromatic N) is 5. The maximum atomic E-state index is 12.4. The predicted octanol–water partition coefficient (Wildman–Crippen LogP) is 1.33. The fourth-order valence-corrected chi connectivity index (χ4v) is 3.01. The smallest absolute Gasteiger partial charge is 0.350 e. The van der Waals surface area contributed by atoms with Gasteiger partial charge >= 0.3 is 6.18 Å². The Morgan fingerprint density at radius 1 is 1.37 bits per heavy atom. The van der Waals surface area contributed by atoms with E-state index in [1.54, 1.807) is 16.9 Å². The van der Waals surface area contributed by atoms with E-state index in [0.29, 0.717) is 13.1 Å². The van der Waals surface area contributed by atoms with Crippen molar-refractivity contribution < 1.29 is 22.8 Å². The summed E-state index contributed by atoms with van der Waals surface area (Å²) in [6, 6.07) is 1.80. The molecular formula is C16H19F3N6O2. The second-order valence-corrected chi connectivity index (χ2v) is 6.27. The summed E-state index contributed by atoms with van der Waals surface area (Å²) in [6.45, 7) is 1.78. The minimum absolute atomic E-state index is 0.00330. The van der Waals surface area contributed by atoms with E-state index in [1.165, 1.54) is 11.1 Å². The molecule has 1 atom stereocenters. The molecule has 0 saturated carbocycles. The number of rotatable bonds is 6. The lowest BCUT2D eigenvalue weighted by atomic mass is 10.1. The van der Waals surface area contributed by atoms with Gasteiger partial charge in [0.15, 0.2) is 0 Å². The van der Waals surface area contributed by atoms with Crippen LogP contribution in [0.2, 0.25) is 0 Å². The Hall–Kier alpha value is -2.85. The zero-order valence-corrected chi connectivity index (χ0v) is 14.6. The molecule has 2 aromatic rings. The average molecular weight is 384 g/mol. The molecule has 2 amide bonds. The number of carbonyl (C=O) groups is 2. The molecule has 0 spiro atoms. The van der Waals surface area contributed by atoms with Gasteiger partial charge in [0.2, 0.25) is 11.8 Å².